The number of nitro groups is 1. The minimum absolute atomic E-state index is 0.0166. The van der Waals surface area contributed by atoms with E-state index in [2.05, 4.69) is 12.2 Å². The molecular formula is C13H15ClN2O3. The predicted octanol–water partition coefficient (Wildman–Crippen LogP) is 3.17. The van der Waals surface area contributed by atoms with Crippen LogP contribution in [0.25, 0.3) is 0 Å². The second-order valence-corrected chi connectivity index (χ2v) is 5.32. The zero-order valence-electron chi connectivity index (χ0n) is 10.6. The first-order valence-corrected chi connectivity index (χ1v) is 6.61. The summed E-state index contributed by atoms with van der Waals surface area (Å²) in [4.78, 5) is 22.1. The molecule has 2 unspecified atom stereocenters. The van der Waals surface area contributed by atoms with E-state index < -0.39 is 4.92 Å². The van der Waals surface area contributed by atoms with Gasteiger partial charge in [0.1, 0.15) is 5.02 Å². The maximum atomic E-state index is 12.0. The summed E-state index contributed by atoms with van der Waals surface area (Å²) in [5, 5.41) is 13.6. The third-order valence-corrected chi connectivity index (χ3v) is 3.89. The number of carbonyl (C=O) groups excluding carboxylic acids is 1. The molecule has 102 valence electrons. The third kappa shape index (κ3) is 3.04. The second-order valence-electron chi connectivity index (χ2n) is 4.91. The molecule has 2 rings (SSSR count). The van der Waals surface area contributed by atoms with Gasteiger partial charge in [0.05, 0.1) is 4.92 Å². The molecule has 1 aliphatic carbocycles. The van der Waals surface area contributed by atoms with E-state index in [0.717, 1.165) is 19.3 Å². The van der Waals surface area contributed by atoms with Crippen LogP contribution in [-0.4, -0.2) is 16.9 Å². The van der Waals surface area contributed by atoms with Crippen molar-refractivity contribution in [1.82, 2.24) is 5.32 Å². The zero-order chi connectivity index (χ0) is 14.0. The van der Waals surface area contributed by atoms with Gasteiger partial charge in [-0.2, -0.15) is 0 Å². The van der Waals surface area contributed by atoms with Gasteiger partial charge in [0.2, 0.25) is 0 Å². The Hall–Kier alpha value is -1.62. The molecule has 0 aromatic heterocycles. The van der Waals surface area contributed by atoms with E-state index in [4.69, 9.17) is 11.6 Å². The molecule has 1 N–H and O–H groups in total. The highest BCUT2D eigenvalue weighted by molar-refractivity contribution is 6.33. The predicted molar refractivity (Wildman–Crippen MR) is 72.4 cm³/mol. The third-order valence-electron chi connectivity index (χ3n) is 3.58. The van der Waals surface area contributed by atoms with Crippen LogP contribution in [0, 0.1) is 16.0 Å². The summed E-state index contributed by atoms with van der Waals surface area (Å²) in [6.45, 7) is 2.11. The van der Waals surface area contributed by atoms with Crippen molar-refractivity contribution in [3.8, 4) is 0 Å². The van der Waals surface area contributed by atoms with Gasteiger partial charge in [-0.05, 0) is 30.9 Å². The SMILES string of the molecule is CC1CCCC1NC(=O)c1ccc([N+](=O)[O-])c(Cl)c1. The van der Waals surface area contributed by atoms with Gasteiger partial charge < -0.3 is 5.32 Å². The van der Waals surface area contributed by atoms with E-state index in [1.54, 1.807) is 0 Å². The van der Waals surface area contributed by atoms with Crippen LogP contribution >= 0.6 is 11.6 Å². The highest BCUT2D eigenvalue weighted by atomic mass is 35.5. The number of halogens is 1. The van der Waals surface area contributed by atoms with Crippen molar-refractivity contribution in [2.45, 2.75) is 32.2 Å². The Balaban J connectivity index is 2.11. The number of nitrogens with zero attached hydrogens (tertiary/aromatic N) is 1. The van der Waals surface area contributed by atoms with Crippen LogP contribution in [0.3, 0.4) is 0 Å². The summed E-state index contributed by atoms with van der Waals surface area (Å²) in [5.74, 6) is 0.244. The van der Waals surface area contributed by atoms with Crippen molar-refractivity contribution in [3.05, 3.63) is 38.9 Å². The van der Waals surface area contributed by atoms with Gasteiger partial charge in [-0.3, -0.25) is 14.9 Å². The van der Waals surface area contributed by atoms with Gasteiger partial charge in [0.15, 0.2) is 0 Å². The molecule has 0 aliphatic heterocycles. The van der Waals surface area contributed by atoms with Crippen LogP contribution in [0.5, 0.6) is 0 Å². The van der Waals surface area contributed by atoms with Crippen molar-refractivity contribution in [2.75, 3.05) is 0 Å². The Kier molecular flexibility index (Phi) is 4.04. The maximum absolute atomic E-state index is 12.0. The first-order chi connectivity index (χ1) is 8.99. The molecule has 0 saturated heterocycles. The van der Waals surface area contributed by atoms with Crippen LogP contribution in [0.15, 0.2) is 18.2 Å². The van der Waals surface area contributed by atoms with Gasteiger partial charge in [-0.1, -0.05) is 24.9 Å². The molecule has 0 heterocycles. The quantitative estimate of drug-likeness (QED) is 0.683. The average Bonchev–Trinajstić information content (AvgIpc) is 2.74. The molecule has 1 aliphatic rings. The van der Waals surface area contributed by atoms with Crippen molar-refractivity contribution >= 4 is 23.2 Å². The topological polar surface area (TPSA) is 72.2 Å². The normalized spacial score (nSPS) is 22.2. The molecule has 1 aromatic rings. The van der Waals surface area contributed by atoms with Gasteiger partial charge in [0, 0.05) is 17.7 Å². The Morgan fingerprint density at radius 1 is 1.47 bits per heavy atom. The average molecular weight is 283 g/mol. The van der Waals surface area contributed by atoms with Crippen LogP contribution in [-0.2, 0) is 0 Å². The first kappa shape index (κ1) is 13.8. The van der Waals surface area contributed by atoms with Crippen molar-refractivity contribution in [2.24, 2.45) is 5.92 Å². The molecular weight excluding hydrogens is 268 g/mol. The van der Waals surface area contributed by atoms with Crippen molar-refractivity contribution in [1.29, 1.82) is 0 Å². The number of benzene rings is 1. The number of rotatable bonds is 3. The summed E-state index contributed by atoms with van der Waals surface area (Å²) in [5.41, 5.74) is 0.169. The largest absolute Gasteiger partial charge is 0.349 e. The smallest absolute Gasteiger partial charge is 0.287 e. The number of nitrogens with one attached hydrogen (secondary N) is 1. The lowest BCUT2D eigenvalue weighted by Gasteiger charge is -2.17. The van der Waals surface area contributed by atoms with E-state index in [9.17, 15) is 14.9 Å². The second kappa shape index (κ2) is 5.57. The highest BCUT2D eigenvalue weighted by Crippen LogP contribution is 2.27. The molecule has 0 spiro atoms. The monoisotopic (exact) mass is 282 g/mol. The fraction of sp³-hybridized carbons (Fsp3) is 0.462. The Bertz CT molecular complexity index is 519. The summed E-state index contributed by atoms with van der Waals surface area (Å²) in [7, 11) is 0. The fourth-order valence-corrected chi connectivity index (χ4v) is 2.66. The summed E-state index contributed by atoms with van der Waals surface area (Å²) < 4.78 is 0. The van der Waals surface area contributed by atoms with E-state index >= 15 is 0 Å². The standard InChI is InChI=1S/C13H15ClN2O3/c1-8-3-2-4-11(8)15-13(17)9-5-6-12(16(18)19)10(14)7-9/h5-8,11H,2-4H2,1H3,(H,15,17). The first-order valence-electron chi connectivity index (χ1n) is 6.24. The van der Waals surface area contributed by atoms with Crippen molar-refractivity contribution in [3.63, 3.8) is 0 Å². The summed E-state index contributed by atoms with van der Waals surface area (Å²) >= 11 is 5.79. The number of nitro benzene ring substituents is 1. The summed E-state index contributed by atoms with van der Waals surface area (Å²) in [6.07, 6.45) is 3.21. The molecule has 1 fully saturated rings. The van der Waals surface area contributed by atoms with Gasteiger partial charge in [-0.25, -0.2) is 0 Å². The number of hydrogen-bond acceptors (Lipinski definition) is 3. The molecule has 19 heavy (non-hydrogen) atoms. The van der Waals surface area contributed by atoms with Crippen LogP contribution in [0.2, 0.25) is 5.02 Å². The minimum Gasteiger partial charge on any atom is -0.349 e. The summed E-state index contributed by atoms with van der Waals surface area (Å²) in [6, 6.07) is 4.21. The molecule has 1 saturated carbocycles. The number of amides is 1. The molecule has 2 atom stereocenters. The van der Waals surface area contributed by atoms with Crippen molar-refractivity contribution < 1.29 is 9.72 Å². The van der Waals surface area contributed by atoms with E-state index in [-0.39, 0.29) is 22.7 Å². The molecule has 0 bridgehead atoms. The number of hydrogen-bond donors (Lipinski definition) is 1. The van der Waals surface area contributed by atoms with Gasteiger partial charge in [0.25, 0.3) is 11.6 Å². The lowest BCUT2D eigenvalue weighted by Crippen LogP contribution is -2.36. The van der Waals surface area contributed by atoms with Gasteiger partial charge >= 0.3 is 0 Å². The molecule has 1 aromatic carbocycles. The minimum atomic E-state index is -0.566. The lowest BCUT2D eigenvalue weighted by atomic mass is 10.1. The van der Waals surface area contributed by atoms with Crippen LogP contribution < -0.4 is 5.32 Å². The molecule has 1 amide bonds. The Labute approximate surface area is 116 Å². The lowest BCUT2D eigenvalue weighted by molar-refractivity contribution is -0.384. The Morgan fingerprint density at radius 3 is 2.74 bits per heavy atom. The zero-order valence-corrected chi connectivity index (χ0v) is 11.3. The number of carbonyl (C=O) groups is 1. The van der Waals surface area contributed by atoms with E-state index in [1.165, 1.54) is 18.2 Å². The Morgan fingerprint density at radius 2 is 2.21 bits per heavy atom. The van der Waals surface area contributed by atoms with Gasteiger partial charge in [-0.15, -0.1) is 0 Å². The van der Waals surface area contributed by atoms with E-state index in [1.807, 2.05) is 0 Å². The van der Waals surface area contributed by atoms with E-state index in [0.29, 0.717) is 11.5 Å². The van der Waals surface area contributed by atoms with Crippen LogP contribution in [0.4, 0.5) is 5.69 Å². The molecule has 5 nitrogen and oxygen atoms in total. The maximum Gasteiger partial charge on any atom is 0.287 e. The molecule has 0 radical (unpaired) electrons. The highest BCUT2D eigenvalue weighted by Gasteiger charge is 2.25. The van der Waals surface area contributed by atoms with Crippen LogP contribution in [0.1, 0.15) is 36.5 Å². The fourth-order valence-electron chi connectivity index (χ4n) is 2.41. The molecule has 6 heteroatoms.